The topological polar surface area (TPSA) is 58.2 Å². The Kier molecular flexibility index (Phi) is 4.27. The number of rotatable bonds is 4. The van der Waals surface area contributed by atoms with Crippen LogP contribution in [0.1, 0.15) is 44.1 Å². The van der Waals surface area contributed by atoms with Crippen molar-refractivity contribution in [3.05, 3.63) is 28.8 Å². The van der Waals surface area contributed by atoms with Crippen LogP contribution in [0.5, 0.6) is 0 Å². The molecule has 0 radical (unpaired) electrons. The summed E-state index contributed by atoms with van der Waals surface area (Å²) in [5.74, 6) is 2.05. The molecule has 25 heavy (non-hydrogen) atoms. The summed E-state index contributed by atoms with van der Waals surface area (Å²) in [6, 6.07) is 5.39. The van der Waals surface area contributed by atoms with Crippen LogP contribution in [0.4, 0.5) is 5.69 Å². The molecule has 0 spiro atoms. The molecule has 0 aromatic heterocycles. The number of halogens is 1. The maximum absolute atomic E-state index is 12.9. The summed E-state index contributed by atoms with van der Waals surface area (Å²) in [4.78, 5) is 25.1. The van der Waals surface area contributed by atoms with E-state index in [2.05, 4.69) is 10.6 Å². The monoisotopic (exact) mass is 360 g/mol. The molecular weight excluding hydrogens is 336 g/mol. The van der Waals surface area contributed by atoms with Gasteiger partial charge in [0.25, 0.3) is 0 Å². The smallest absolute Gasteiger partial charge is 0.243 e. The summed E-state index contributed by atoms with van der Waals surface area (Å²) in [6.45, 7) is 1.94. The highest BCUT2D eigenvalue weighted by molar-refractivity contribution is 6.31. The van der Waals surface area contributed by atoms with Crippen molar-refractivity contribution in [1.29, 1.82) is 0 Å². The minimum Gasteiger partial charge on any atom is -0.347 e. The molecule has 4 bridgehead atoms. The lowest BCUT2D eigenvalue weighted by molar-refractivity contribution is -0.146. The third-order valence-corrected chi connectivity index (χ3v) is 6.64. The average Bonchev–Trinajstić information content (AvgIpc) is 2.55. The number of hydrogen-bond acceptors (Lipinski definition) is 2. The van der Waals surface area contributed by atoms with Crippen LogP contribution in [0.15, 0.2) is 18.2 Å². The van der Waals surface area contributed by atoms with E-state index in [-0.39, 0.29) is 23.8 Å². The second-order valence-corrected chi connectivity index (χ2v) is 8.82. The molecule has 4 aliphatic carbocycles. The quantitative estimate of drug-likeness (QED) is 0.855. The van der Waals surface area contributed by atoms with Crippen molar-refractivity contribution in [1.82, 2.24) is 5.32 Å². The Bertz CT molecular complexity index is 680. The predicted octanol–water partition coefficient (Wildman–Crippen LogP) is 3.92. The first-order valence-electron chi connectivity index (χ1n) is 9.28. The van der Waals surface area contributed by atoms with Gasteiger partial charge in [0.05, 0.1) is 6.54 Å². The molecule has 4 aliphatic rings. The molecule has 1 aromatic rings. The summed E-state index contributed by atoms with van der Waals surface area (Å²) >= 11 is 5.98. The number of amides is 2. The molecule has 5 rings (SSSR count). The van der Waals surface area contributed by atoms with Crippen molar-refractivity contribution in [3.63, 3.8) is 0 Å². The lowest BCUT2D eigenvalue weighted by atomic mass is 9.49. The van der Waals surface area contributed by atoms with Crippen LogP contribution in [0, 0.1) is 30.1 Å². The standard InChI is InChI=1S/C20H25ClN2O2/c1-12-2-3-16(21)7-17(12)23-18(24)11-22-19(25)20-8-13-4-14(9-20)6-15(5-13)10-20/h2-3,7,13-15H,4-6,8-11H2,1H3,(H,22,25)(H,23,24). The molecule has 5 heteroatoms. The van der Waals surface area contributed by atoms with Gasteiger partial charge in [0.1, 0.15) is 0 Å². The molecule has 0 atom stereocenters. The minimum absolute atomic E-state index is 0.0204. The Labute approximate surface area is 153 Å². The Morgan fingerprint density at radius 1 is 1.12 bits per heavy atom. The third kappa shape index (κ3) is 3.29. The largest absolute Gasteiger partial charge is 0.347 e. The second kappa shape index (κ2) is 6.31. The lowest BCUT2D eigenvalue weighted by Crippen LogP contribution is -2.54. The van der Waals surface area contributed by atoms with Gasteiger partial charge in [-0.3, -0.25) is 9.59 Å². The van der Waals surface area contributed by atoms with Crippen LogP contribution in [0.3, 0.4) is 0 Å². The molecule has 0 aliphatic heterocycles. The second-order valence-electron chi connectivity index (χ2n) is 8.39. The number of anilines is 1. The number of hydrogen-bond donors (Lipinski definition) is 2. The van der Waals surface area contributed by atoms with E-state index in [1.165, 1.54) is 19.3 Å². The van der Waals surface area contributed by atoms with Crippen molar-refractivity contribution >= 4 is 29.1 Å². The molecule has 0 saturated heterocycles. The third-order valence-electron chi connectivity index (χ3n) is 6.40. The van der Waals surface area contributed by atoms with Gasteiger partial charge in [0.2, 0.25) is 11.8 Å². The zero-order chi connectivity index (χ0) is 17.6. The van der Waals surface area contributed by atoms with Crippen LogP contribution in [0.25, 0.3) is 0 Å². The fraction of sp³-hybridized carbons (Fsp3) is 0.600. The van der Waals surface area contributed by atoms with Gasteiger partial charge in [-0.2, -0.15) is 0 Å². The van der Waals surface area contributed by atoms with Crippen molar-refractivity contribution in [2.45, 2.75) is 45.4 Å². The minimum atomic E-state index is -0.207. The highest BCUT2D eigenvalue weighted by Crippen LogP contribution is 2.60. The predicted molar refractivity (Wildman–Crippen MR) is 98.4 cm³/mol. The van der Waals surface area contributed by atoms with E-state index in [9.17, 15) is 9.59 Å². The number of carbonyl (C=O) groups excluding carboxylic acids is 2. The Balaban J connectivity index is 1.36. The Morgan fingerprint density at radius 2 is 1.72 bits per heavy atom. The van der Waals surface area contributed by atoms with Crippen molar-refractivity contribution in [2.75, 3.05) is 11.9 Å². The zero-order valence-corrected chi connectivity index (χ0v) is 15.4. The molecule has 2 amide bonds. The summed E-state index contributed by atoms with van der Waals surface area (Å²) in [5.41, 5.74) is 1.44. The number of benzene rings is 1. The molecular formula is C20H25ClN2O2. The summed E-state index contributed by atoms with van der Waals surface area (Å²) < 4.78 is 0. The Morgan fingerprint density at radius 3 is 2.32 bits per heavy atom. The zero-order valence-electron chi connectivity index (χ0n) is 14.6. The van der Waals surface area contributed by atoms with E-state index in [0.717, 1.165) is 42.6 Å². The number of nitrogens with one attached hydrogen (secondary N) is 2. The SMILES string of the molecule is Cc1ccc(Cl)cc1NC(=O)CNC(=O)C12CC3CC(CC(C3)C1)C2. The van der Waals surface area contributed by atoms with Gasteiger partial charge in [-0.05, 0) is 80.9 Å². The normalized spacial score (nSPS) is 32.5. The molecule has 2 N–H and O–H groups in total. The van der Waals surface area contributed by atoms with Crippen LogP contribution in [-0.4, -0.2) is 18.4 Å². The first kappa shape index (κ1) is 16.9. The van der Waals surface area contributed by atoms with Gasteiger partial charge < -0.3 is 10.6 Å². The van der Waals surface area contributed by atoms with Gasteiger partial charge in [-0.1, -0.05) is 17.7 Å². The van der Waals surface area contributed by atoms with Gasteiger partial charge in [0, 0.05) is 16.1 Å². The fourth-order valence-electron chi connectivity index (χ4n) is 5.66. The van der Waals surface area contributed by atoms with E-state index in [1.807, 2.05) is 13.0 Å². The van der Waals surface area contributed by atoms with E-state index in [0.29, 0.717) is 10.7 Å². The number of carbonyl (C=O) groups is 2. The van der Waals surface area contributed by atoms with Gasteiger partial charge >= 0.3 is 0 Å². The van der Waals surface area contributed by atoms with Crippen LogP contribution in [0.2, 0.25) is 5.02 Å². The van der Waals surface area contributed by atoms with Crippen LogP contribution >= 0.6 is 11.6 Å². The first-order chi connectivity index (χ1) is 11.9. The van der Waals surface area contributed by atoms with Gasteiger partial charge in [0.15, 0.2) is 0 Å². The van der Waals surface area contributed by atoms with E-state index < -0.39 is 0 Å². The fourth-order valence-corrected chi connectivity index (χ4v) is 5.83. The summed E-state index contributed by atoms with van der Waals surface area (Å²) in [5, 5.41) is 6.33. The van der Waals surface area contributed by atoms with E-state index in [1.54, 1.807) is 12.1 Å². The molecule has 4 saturated carbocycles. The highest BCUT2D eigenvalue weighted by Gasteiger charge is 2.54. The van der Waals surface area contributed by atoms with Gasteiger partial charge in [-0.25, -0.2) is 0 Å². The van der Waals surface area contributed by atoms with Crippen LogP contribution < -0.4 is 10.6 Å². The molecule has 0 unspecified atom stereocenters. The maximum atomic E-state index is 12.9. The van der Waals surface area contributed by atoms with Crippen molar-refractivity contribution in [2.24, 2.45) is 23.2 Å². The molecule has 1 aromatic carbocycles. The summed E-state index contributed by atoms with van der Waals surface area (Å²) in [6.07, 6.45) is 6.96. The van der Waals surface area contributed by atoms with Gasteiger partial charge in [-0.15, -0.1) is 0 Å². The molecule has 4 fully saturated rings. The number of aryl methyl sites for hydroxylation is 1. The van der Waals surface area contributed by atoms with Crippen molar-refractivity contribution < 1.29 is 9.59 Å². The Hall–Kier alpha value is -1.55. The van der Waals surface area contributed by atoms with E-state index >= 15 is 0 Å². The molecule has 4 nitrogen and oxygen atoms in total. The van der Waals surface area contributed by atoms with Crippen LogP contribution in [-0.2, 0) is 9.59 Å². The molecule has 0 heterocycles. The highest BCUT2D eigenvalue weighted by atomic mass is 35.5. The summed E-state index contributed by atoms with van der Waals surface area (Å²) in [7, 11) is 0. The lowest BCUT2D eigenvalue weighted by Gasteiger charge is -2.55. The molecule has 134 valence electrons. The first-order valence-corrected chi connectivity index (χ1v) is 9.66. The van der Waals surface area contributed by atoms with Crippen molar-refractivity contribution in [3.8, 4) is 0 Å². The maximum Gasteiger partial charge on any atom is 0.243 e. The van der Waals surface area contributed by atoms with E-state index in [4.69, 9.17) is 11.6 Å². The average molecular weight is 361 g/mol.